The van der Waals surface area contributed by atoms with Gasteiger partial charge in [0.2, 0.25) is 0 Å². The van der Waals surface area contributed by atoms with Gasteiger partial charge in [-0.1, -0.05) is 6.08 Å². The van der Waals surface area contributed by atoms with E-state index in [1.165, 1.54) is 6.08 Å². The zero-order valence-corrected chi connectivity index (χ0v) is 8.97. The van der Waals surface area contributed by atoms with Crippen molar-refractivity contribution in [1.29, 1.82) is 0 Å². The van der Waals surface area contributed by atoms with Gasteiger partial charge in [0.25, 0.3) is 0 Å². The Morgan fingerprint density at radius 1 is 1.40 bits per heavy atom. The lowest BCUT2D eigenvalue weighted by Gasteiger charge is -2.14. The molecule has 0 radical (unpaired) electrons. The zero-order valence-electron chi connectivity index (χ0n) is 8.07. The standard InChI is InChI=1S/C8H14F3O3P/c1-2-7(6-8(9,10)11)4-3-5-15(12,13)14/h2,7H,1,3-6H2,(H2,12,13,14). The van der Waals surface area contributed by atoms with Gasteiger partial charge < -0.3 is 9.79 Å². The summed E-state index contributed by atoms with van der Waals surface area (Å²) in [5.41, 5.74) is 0. The second-order valence-corrected chi connectivity index (χ2v) is 5.12. The molecule has 0 heterocycles. The number of alkyl halides is 3. The number of rotatable bonds is 6. The van der Waals surface area contributed by atoms with Gasteiger partial charge >= 0.3 is 13.8 Å². The largest absolute Gasteiger partial charge is 0.389 e. The van der Waals surface area contributed by atoms with Crippen molar-refractivity contribution in [3.8, 4) is 0 Å². The van der Waals surface area contributed by atoms with Gasteiger partial charge in [-0.25, -0.2) is 0 Å². The van der Waals surface area contributed by atoms with Crippen molar-refractivity contribution in [1.82, 2.24) is 0 Å². The van der Waals surface area contributed by atoms with Gasteiger partial charge in [0.1, 0.15) is 0 Å². The molecule has 0 bridgehead atoms. The maximum atomic E-state index is 12.0. The fraction of sp³-hybridized carbons (Fsp3) is 0.750. The van der Waals surface area contributed by atoms with Gasteiger partial charge in [0.05, 0.1) is 0 Å². The van der Waals surface area contributed by atoms with Gasteiger partial charge in [0.15, 0.2) is 0 Å². The molecule has 2 N–H and O–H groups in total. The third-order valence-electron chi connectivity index (χ3n) is 1.85. The Balaban J connectivity index is 3.92. The Bertz CT molecular complexity index is 246. The van der Waals surface area contributed by atoms with Crippen LogP contribution in [-0.2, 0) is 4.57 Å². The van der Waals surface area contributed by atoms with E-state index in [2.05, 4.69) is 6.58 Å². The molecular weight excluding hydrogens is 232 g/mol. The fourth-order valence-corrected chi connectivity index (χ4v) is 1.75. The minimum atomic E-state index is -4.26. The first-order chi connectivity index (χ1) is 6.64. The number of allylic oxidation sites excluding steroid dienone is 1. The molecule has 3 nitrogen and oxygen atoms in total. The maximum absolute atomic E-state index is 12.0. The first-order valence-electron chi connectivity index (χ1n) is 4.38. The topological polar surface area (TPSA) is 57.5 Å². The minimum absolute atomic E-state index is 0.0665. The Kier molecular flexibility index (Phi) is 5.56. The Labute approximate surface area is 86.2 Å². The smallest absolute Gasteiger partial charge is 0.324 e. The average Bonchev–Trinajstić information content (AvgIpc) is 1.97. The van der Waals surface area contributed by atoms with Crippen molar-refractivity contribution in [2.75, 3.05) is 6.16 Å². The van der Waals surface area contributed by atoms with Crippen molar-refractivity contribution < 1.29 is 27.5 Å². The summed E-state index contributed by atoms with van der Waals surface area (Å²) in [6.07, 6.45) is -4.30. The fourth-order valence-electron chi connectivity index (χ4n) is 1.16. The molecule has 1 atom stereocenters. The summed E-state index contributed by atoms with van der Waals surface area (Å²) in [6.45, 7) is 3.27. The van der Waals surface area contributed by atoms with Crippen LogP contribution in [0.3, 0.4) is 0 Å². The number of halogens is 3. The summed E-state index contributed by atoms with van der Waals surface area (Å²) in [7, 11) is -4.10. The molecular formula is C8H14F3O3P. The normalized spacial score (nSPS) is 15.0. The highest BCUT2D eigenvalue weighted by Gasteiger charge is 2.30. The lowest BCUT2D eigenvalue weighted by molar-refractivity contribution is -0.141. The van der Waals surface area contributed by atoms with Crippen LogP contribution >= 0.6 is 7.60 Å². The van der Waals surface area contributed by atoms with Crippen molar-refractivity contribution in [3.63, 3.8) is 0 Å². The second kappa shape index (κ2) is 5.68. The van der Waals surface area contributed by atoms with E-state index >= 15 is 0 Å². The highest BCUT2D eigenvalue weighted by molar-refractivity contribution is 7.51. The molecule has 0 aromatic heterocycles. The van der Waals surface area contributed by atoms with Crippen LogP contribution in [-0.4, -0.2) is 22.1 Å². The van der Waals surface area contributed by atoms with Crippen molar-refractivity contribution in [2.24, 2.45) is 5.92 Å². The van der Waals surface area contributed by atoms with Crippen LogP contribution in [0.2, 0.25) is 0 Å². The lowest BCUT2D eigenvalue weighted by atomic mass is 10.00. The van der Waals surface area contributed by atoms with Gasteiger partial charge in [-0.05, 0) is 18.8 Å². The average molecular weight is 246 g/mol. The van der Waals surface area contributed by atoms with Crippen LogP contribution in [0.1, 0.15) is 19.3 Å². The number of hydrogen-bond acceptors (Lipinski definition) is 1. The summed E-state index contributed by atoms with van der Waals surface area (Å²) in [5.74, 6) is -0.767. The first-order valence-corrected chi connectivity index (χ1v) is 6.17. The van der Waals surface area contributed by atoms with Crippen molar-refractivity contribution in [2.45, 2.75) is 25.4 Å². The highest BCUT2D eigenvalue weighted by atomic mass is 31.2. The molecule has 0 fully saturated rings. The van der Waals surface area contributed by atoms with E-state index in [0.717, 1.165) is 0 Å². The second-order valence-electron chi connectivity index (χ2n) is 3.35. The van der Waals surface area contributed by atoms with E-state index in [-0.39, 0.29) is 19.0 Å². The van der Waals surface area contributed by atoms with E-state index in [9.17, 15) is 17.7 Å². The zero-order chi connectivity index (χ0) is 12.1. The summed E-state index contributed by atoms with van der Waals surface area (Å²) >= 11 is 0. The predicted octanol–water partition coefficient (Wildman–Crippen LogP) is 2.70. The van der Waals surface area contributed by atoms with Crippen LogP contribution < -0.4 is 0 Å². The quantitative estimate of drug-likeness (QED) is 0.559. The molecule has 0 aromatic carbocycles. The van der Waals surface area contributed by atoms with Gasteiger partial charge in [-0.3, -0.25) is 4.57 Å². The molecule has 0 aromatic rings. The van der Waals surface area contributed by atoms with Crippen LogP contribution in [0.25, 0.3) is 0 Å². The van der Waals surface area contributed by atoms with E-state index < -0.39 is 26.1 Å². The SMILES string of the molecule is C=CC(CCCP(=O)(O)O)CC(F)(F)F. The third kappa shape index (κ3) is 9.97. The van der Waals surface area contributed by atoms with Gasteiger partial charge in [0, 0.05) is 12.6 Å². The van der Waals surface area contributed by atoms with E-state index in [0.29, 0.717) is 0 Å². The monoisotopic (exact) mass is 246 g/mol. The van der Waals surface area contributed by atoms with Crippen LogP contribution in [0, 0.1) is 5.92 Å². The molecule has 0 saturated carbocycles. The molecule has 0 amide bonds. The first kappa shape index (κ1) is 14.7. The van der Waals surface area contributed by atoms with E-state index in [1.54, 1.807) is 0 Å². The van der Waals surface area contributed by atoms with Crippen LogP contribution in [0.15, 0.2) is 12.7 Å². The lowest BCUT2D eigenvalue weighted by Crippen LogP contribution is -2.14. The Morgan fingerprint density at radius 3 is 2.27 bits per heavy atom. The highest BCUT2D eigenvalue weighted by Crippen LogP contribution is 2.36. The molecule has 1 unspecified atom stereocenters. The molecule has 15 heavy (non-hydrogen) atoms. The summed E-state index contributed by atoms with van der Waals surface area (Å²) in [4.78, 5) is 17.0. The molecule has 0 spiro atoms. The molecule has 0 rings (SSSR count). The van der Waals surface area contributed by atoms with Crippen molar-refractivity contribution in [3.05, 3.63) is 12.7 Å². The summed E-state index contributed by atoms with van der Waals surface area (Å²) in [5, 5.41) is 0. The molecule has 0 saturated heterocycles. The molecule has 0 aliphatic heterocycles. The minimum Gasteiger partial charge on any atom is -0.324 e. The van der Waals surface area contributed by atoms with Gasteiger partial charge in [-0.2, -0.15) is 13.2 Å². The predicted molar refractivity (Wildman–Crippen MR) is 50.5 cm³/mol. The summed E-state index contributed by atoms with van der Waals surface area (Å²) in [6, 6.07) is 0. The van der Waals surface area contributed by atoms with Crippen LogP contribution in [0.5, 0.6) is 0 Å². The maximum Gasteiger partial charge on any atom is 0.389 e. The summed E-state index contributed by atoms with van der Waals surface area (Å²) < 4.78 is 46.3. The Hall–Kier alpha value is -0.320. The number of hydrogen-bond donors (Lipinski definition) is 2. The van der Waals surface area contributed by atoms with Crippen molar-refractivity contribution >= 4 is 7.60 Å². The third-order valence-corrected chi connectivity index (χ3v) is 2.75. The molecule has 90 valence electrons. The molecule has 7 heteroatoms. The van der Waals surface area contributed by atoms with E-state index in [1.807, 2.05) is 0 Å². The molecule has 0 aliphatic carbocycles. The van der Waals surface area contributed by atoms with Crippen LogP contribution in [0.4, 0.5) is 13.2 Å². The Morgan fingerprint density at radius 2 is 1.93 bits per heavy atom. The molecule has 0 aliphatic rings. The van der Waals surface area contributed by atoms with E-state index in [4.69, 9.17) is 9.79 Å². The van der Waals surface area contributed by atoms with Gasteiger partial charge in [-0.15, -0.1) is 6.58 Å².